The Hall–Kier alpha value is -3.39. The van der Waals surface area contributed by atoms with E-state index in [1.54, 1.807) is 6.07 Å². The van der Waals surface area contributed by atoms with Crippen molar-refractivity contribution in [2.45, 2.75) is 0 Å². The van der Waals surface area contributed by atoms with Gasteiger partial charge in [-0.2, -0.15) is 0 Å². The maximum Gasteiger partial charge on any atom is 0.324 e. The minimum absolute atomic E-state index is 0.0632. The van der Waals surface area contributed by atoms with Crippen molar-refractivity contribution >= 4 is 40.6 Å². The molecule has 0 atom stereocenters. The number of hydrogen-bond donors (Lipinski definition) is 2. The van der Waals surface area contributed by atoms with E-state index < -0.39 is 11.8 Å². The van der Waals surface area contributed by atoms with E-state index in [2.05, 4.69) is 42.5 Å². The van der Waals surface area contributed by atoms with Crippen LogP contribution in [0.15, 0.2) is 60.9 Å². The lowest BCUT2D eigenvalue weighted by atomic mass is 10.2. The predicted octanol–water partition coefficient (Wildman–Crippen LogP) is 4.24. The quantitative estimate of drug-likeness (QED) is 0.652. The summed E-state index contributed by atoms with van der Waals surface area (Å²) in [5.41, 5.74) is 1.59. The van der Waals surface area contributed by atoms with Crippen LogP contribution in [0.4, 0.5) is 32.2 Å². The number of rotatable bonds is 4. The summed E-state index contributed by atoms with van der Waals surface area (Å²) < 4.78 is 13.2. The van der Waals surface area contributed by atoms with E-state index in [9.17, 15) is 9.18 Å². The number of hydrogen-bond acceptors (Lipinski definition) is 5. The molecule has 2 N–H and O–H groups in total. The Labute approximate surface area is 178 Å². The normalized spacial score (nSPS) is 13.8. The molecular formula is C21H20ClFN6O. The van der Waals surface area contributed by atoms with Gasteiger partial charge in [0.1, 0.15) is 23.8 Å². The SMILES string of the molecule is O=C(Nc1ccc(F)c(Cl)c1)Nc1cc(N2CCN(c3ccccc3)CC2)ncn1. The summed E-state index contributed by atoms with van der Waals surface area (Å²) >= 11 is 5.74. The van der Waals surface area contributed by atoms with Crippen molar-refractivity contribution in [3.63, 3.8) is 0 Å². The molecule has 1 aliphatic heterocycles. The van der Waals surface area contributed by atoms with Crippen molar-refractivity contribution in [3.05, 3.63) is 71.8 Å². The summed E-state index contributed by atoms with van der Waals surface area (Å²) in [4.78, 5) is 25.2. The van der Waals surface area contributed by atoms with Gasteiger partial charge in [-0.05, 0) is 30.3 Å². The minimum atomic E-state index is -0.546. The molecule has 0 unspecified atom stereocenters. The lowest BCUT2D eigenvalue weighted by Crippen LogP contribution is -2.46. The molecule has 4 rings (SSSR count). The molecule has 2 aromatic carbocycles. The third kappa shape index (κ3) is 4.77. The molecule has 1 saturated heterocycles. The van der Waals surface area contributed by atoms with E-state index in [1.165, 1.54) is 30.2 Å². The highest BCUT2D eigenvalue weighted by atomic mass is 35.5. The second-order valence-electron chi connectivity index (χ2n) is 6.78. The largest absolute Gasteiger partial charge is 0.368 e. The number of para-hydroxylation sites is 1. The molecule has 3 aromatic rings. The standard InChI is InChI=1S/C21H20ClFN6O/c22-17-12-15(6-7-18(17)23)26-21(30)27-19-13-20(25-14-24-19)29-10-8-28(9-11-29)16-4-2-1-3-5-16/h1-7,12-14H,8-11H2,(H2,24,25,26,27,30). The Kier molecular flexibility index (Phi) is 5.94. The fourth-order valence-corrected chi connectivity index (χ4v) is 3.45. The maximum atomic E-state index is 13.2. The molecule has 1 aliphatic rings. The number of anilines is 4. The third-order valence-electron chi connectivity index (χ3n) is 4.80. The number of urea groups is 1. The molecule has 2 amide bonds. The highest BCUT2D eigenvalue weighted by Gasteiger charge is 2.19. The van der Waals surface area contributed by atoms with Gasteiger partial charge in [-0.3, -0.25) is 5.32 Å². The van der Waals surface area contributed by atoms with E-state index in [1.807, 2.05) is 18.2 Å². The second-order valence-corrected chi connectivity index (χ2v) is 7.19. The molecule has 0 spiro atoms. The maximum absolute atomic E-state index is 13.2. The number of piperazine rings is 1. The van der Waals surface area contributed by atoms with Crippen molar-refractivity contribution in [2.24, 2.45) is 0 Å². The fraction of sp³-hybridized carbons (Fsp3) is 0.190. The summed E-state index contributed by atoms with van der Waals surface area (Å²) in [6.07, 6.45) is 1.42. The van der Waals surface area contributed by atoms with Crippen LogP contribution < -0.4 is 20.4 Å². The van der Waals surface area contributed by atoms with Gasteiger partial charge in [0, 0.05) is 43.6 Å². The predicted molar refractivity (Wildman–Crippen MR) is 117 cm³/mol. The van der Waals surface area contributed by atoms with Gasteiger partial charge >= 0.3 is 6.03 Å². The highest BCUT2D eigenvalue weighted by molar-refractivity contribution is 6.31. The van der Waals surface area contributed by atoms with Crippen LogP contribution >= 0.6 is 11.6 Å². The molecule has 0 aliphatic carbocycles. The molecule has 0 bridgehead atoms. The highest BCUT2D eigenvalue weighted by Crippen LogP contribution is 2.21. The summed E-state index contributed by atoms with van der Waals surface area (Å²) in [6.45, 7) is 3.38. The van der Waals surface area contributed by atoms with Crippen LogP contribution in [0.2, 0.25) is 5.02 Å². The monoisotopic (exact) mass is 426 g/mol. The molecule has 2 heterocycles. The number of halogens is 2. The van der Waals surface area contributed by atoms with Gasteiger partial charge in [0.15, 0.2) is 0 Å². The van der Waals surface area contributed by atoms with E-state index in [0.717, 1.165) is 32.0 Å². The third-order valence-corrected chi connectivity index (χ3v) is 5.09. The molecule has 1 aromatic heterocycles. The number of aromatic nitrogens is 2. The van der Waals surface area contributed by atoms with Crippen LogP contribution in [-0.2, 0) is 0 Å². The molecule has 7 nitrogen and oxygen atoms in total. The van der Waals surface area contributed by atoms with Crippen LogP contribution in [0.1, 0.15) is 0 Å². The van der Waals surface area contributed by atoms with Crippen LogP contribution in [0.3, 0.4) is 0 Å². The van der Waals surface area contributed by atoms with E-state index in [-0.39, 0.29) is 5.02 Å². The number of amides is 2. The van der Waals surface area contributed by atoms with Crippen molar-refractivity contribution in [3.8, 4) is 0 Å². The Morgan fingerprint density at radius 3 is 2.40 bits per heavy atom. The lowest BCUT2D eigenvalue weighted by Gasteiger charge is -2.36. The molecule has 9 heteroatoms. The first-order valence-corrected chi connectivity index (χ1v) is 9.86. The summed E-state index contributed by atoms with van der Waals surface area (Å²) in [5, 5.41) is 5.20. The van der Waals surface area contributed by atoms with Crippen molar-refractivity contribution < 1.29 is 9.18 Å². The zero-order chi connectivity index (χ0) is 20.9. The average Bonchev–Trinajstić information content (AvgIpc) is 2.77. The van der Waals surface area contributed by atoms with Gasteiger partial charge in [0.2, 0.25) is 0 Å². The number of nitrogens with one attached hydrogen (secondary N) is 2. The average molecular weight is 427 g/mol. The Bertz CT molecular complexity index is 1030. The molecule has 154 valence electrons. The summed E-state index contributed by atoms with van der Waals surface area (Å²) in [6, 6.07) is 15.5. The van der Waals surface area contributed by atoms with Crippen LogP contribution in [0.5, 0.6) is 0 Å². The van der Waals surface area contributed by atoms with E-state index in [4.69, 9.17) is 11.6 Å². The number of carbonyl (C=O) groups excluding carboxylic acids is 1. The van der Waals surface area contributed by atoms with Gasteiger partial charge in [0.25, 0.3) is 0 Å². The van der Waals surface area contributed by atoms with Gasteiger partial charge < -0.3 is 15.1 Å². The van der Waals surface area contributed by atoms with E-state index >= 15 is 0 Å². The lowest BCUT2D eigenvalue weighted by molar-refractivity contribution is 0.262. The van der Waals surface area contributed by atoms with Gasteiger partial charge in [-0.25, -0.2) is 19.2 Å². The number of benzene rings is 2. The smallest absolute Gasteiger partial charge is 0.324 e. The summed E-state index contributed by atoms with van der Waals surface area (Å²) in [7, 11) is 0. The molecule has 0 radical (unpaired) electrons. The molecule has 30 heavy (non-hydrogen) atoms. The topological polar surface area (TPSA) is 73.4 Å². The van der Waals surface area contributed by atoms with Gasteiger partial charge in [-0.15, -0.1) is 0 Å². The van der Waals surface area contributed by atoms with Gasteiger partial charge in [0.05, 0.1) is 5.02 Å². The Morgan fingerprint density at radius 1 is 0.933 bits per heavy atom. The van der Waals surface area contributed by atoms with Gasteiger partial charge in [-0.1, -0.05) is 29.8 Å². The Morgan fingerprint density at radius 2 is 1.67 bits per heavy atom. The summed E-state index contributed by atoms with van der Waals surface area (Å²) in [5.74, 6) is 0.574. The fourth-order valence-electron chi connectivity index (χ4n) is 3.27. The first-order valence-electron chi connectivity index (χ1n) is 9.48. The zero-order valence-electron chi connectivity index (χ0n) is 16.1. The van der Waals surface area contributed by atoms with Crippen LogP contribution in [0.25, 0.3) is 0 Å². The van der Waals surface area contributed by atoms with Crippen LogP contribution in [-0.4, -0.2) is 42.2 Å². The molecule has 0 saturated carbocycles. The first-order chi connectivity index (χ1) is 14.6. The van der Waals surface area contributed by atoms with Crippen LogP contribution in [0, 0.1) is 5.82 Å². The first kappa shape index (κ1) is 19.9. The Balaban J connectivity index is 1.36. The minimum Gasteiger partial charge on any atom is -0.368 e. The molecule has 1 fully saturated rings. The van der Waals surface area contributed by atoms with Crippen molar-refractivity contribution in [1.29, 1.82) is 0 Å². The number of carbonyl (C=O) groups is 1. The second kappa shape index (κ2) is 8.96. The van der Waals surface area contributed by atoms with Crippen molar-refractivity contribution in [1.82, 2.24) is 9.97 Å². The van der Waals surface area contributed by atoms with E-state index in [0.29, 0.717) is 11.5 Å². The number of nitrogens with zero attached hydrogens (tertiary/aromatic N) is 4. The van der Waals surface area contributed by atoms with Crippen molar-refractivity contribution in [2.75, 3.05) is 46.6 Å². The molecular weight excluding hydrogens is 407 g/mol. The zero-order valence-corrected chi connectivity index (χ0v) is 16.8.